The average Bonchev–Trinajstić information content (AvgIpc) is 3.03. The highest BCUT2D eigenvalue weighted by Gasteiger charge is 2.31. The van der Waals surface area contributed by atoms with Gasteiger partial charge in [-0.1, -0.05) is 12.6 Å². The van der Waals surface area contributed by atoms with Crippen LogP contribution in [-0.4, -0.2) is 30.9 Å². The van der Waals surface area contributed by atoms with Gasteiger partial charge in [-0.25, -0.2) is 4.79 Å². The van der Waals surface area contributed by atoms with Gasteiger partial charge < -0.3 is 19.1 Å². The van der Waals surface area contributed by atoms with Crippen molar-refractivity contribution in [3.8, 4) is 17.6 Å². The van der Waals surface area contributed by atoms with Gasteiger partial charge in [-0.3, -0.25) is 0 Å². The van der Waals surface area contributed by atoms with E-state index in [0.717, 1.165) is 18.4 Å². The second-order valence-corrected chi connectivity index (χ2v) is 6.11. The molecule has 126 valence electrons. The van der Waals surface area contributed by atoms with Gasteiger partial charge in [-0.2, -0.15) is 5.26 Å². The SMILES string of the molecule is C=C(C)OC(=O)N1CCC(C(C#N)c2ccc3c(c2)OCO3)CC1. The van der Waals surface area contributed by atoms with Crippen molar-refractivity contribution in [3.05, 3.63) is 36.1 Å². The number of nitriles is 1. The summed E-state index contributed by atoms with van der Waals surface area (Å²) in [5.41, 5.74) is 0.935. The summed E-state index contributed by atoms with van der Waals surface area (Å²) in [4.78, 5) is 13.6. The fraction of sp³-hybridized carbons (Fsp3) is 0.444. The molecule has 2 aliphatic rings. The zero-order valence-corrected chi connectivity index (χ0v) is 13.7. The summed E-state index contributed by atoms with van der Waals surface area (Å²) in [5, 5.41) is 9.64. The average molecular weight is 328 g/mol. The number of nitrogens with zero attached hydrogens (tertiary/aromatic N) is 2. The maximum absolute atomic E-state index is 11.9. The summed E-state index contributed by atoms with van der Waals surface area (Å²) in [6.07, 6.45) is 1.16. The molecule has 0 bridgehead atoms. The molecule has 0 aliphatic carbocycles. The first-order chi connectivity index (χ1) is 11.6. The first-order valence-corrected chi connectivity index (χ1v) is 8.00. The number of piperidine rings is 1. The predicted octanol–water partition coefficient (Wildman–Crippen LogP) is 3.40. The lowest BCUT2D eigenvalue weighted by molar-refractivity contribution is 0.109. The van der Waals surface area contributed by atoms with Crippen molar-refractivity contribution in [1.82, 2.24) is 4.90 Å². The molecule has 1 atom stereocenters. The number of likely N-dealkylation sites (tertiary alicyclic amines) is 1. The molecule has 2 aliphatic heterocycles. The molecular formula is C18H20N2O4. The van der Waals surface area contributed by atoms with E-state index in [0.29, 0.717) is 30.3 Å². The first-order valence-electron chi connectivity index (χ1n) is 8.00. The molecule has 3 rings (SSSR count). The van der Waals surface area contributed by atoms with Crippen molar-refractivity contribution in [2.45, 2.75) is 25.7 Å². The molecule has 6 nitrogen and oxygen atoms in total. The monoisotopic (exact) mass is 328 g/mol. The van der Waals surface area contributed by atoms with E-state index < -0.39 is 0 Å². The van der Waals surface area contributed by atoms with Gasteiger partial charge in [0.2, 0.25) is 6.79 Å². The smallest absolute Gasteiger partial charge is 0.414 e. The minimum Gasteiger partial charge on any atom is -0.454 e. The van der Waals surface area contributed by atoms with Crippen LogP contribution in [0.2, 0.25) is 0 Å². The van der Waals surface area contributed by atoms with Crippen molar-refractivity contribution in [2.75, 3.05) is 19.9 Å². The third kappa shape index (κ3) is 3.30. The standard InChI is InChI=1S/C18H20N2O4/c1-12(2)24-18(21)20-7-5-13(6-8-20)15(10-19)14-3-4-16-17(9-14)23-11-22-16/h3-4,9,13,15H,1,5-8,11H2,2H3. The fourth-order valence-electron chi connectivity index (χ4n) is 3.19. The minimum absolute atomic E-state index is 0.198. The summed E-state index contributed by atoms with van der Waals surface area (Å²) in [6.45, 7) is 6.62. The molecule has 0 aromatic heterocycles. The summed E-state index contributed by atoms with van der Waals surface area (Å²) >= 11 is 0. The molecule has 1 fully saturated rings. The molecule has 1 amide bonds. The highest BCUT2D eigenvalue weighted by atomic mass is 16.7. The number of amides is 1. The summed E-state index contributed by atoms with van der Waals surface area (Å²) < 4.78 is 15.8. The van der Waals surface area contributed by atoms with Crippen molar-refractivity contribution in [1.29, 1.82) is 5.26 Å². The third-order valence-electron chi connectivity index (χ3n) is 4.43. The second-order valence-electron chi connectivity index (χ2n) is 6.11. The Hall–Kier alpha value is -2.68. The van der Waals surface area contributed by atoms with Crippen LogP contribution < -0.4 is 9.47 Å². The maximum Gasteiger partial charge on any atom is 0.414 e. The van der Waals surface area contributed by atoms with Crippen molar-refractivity contribution < 1.29 is 19.0 Å². The van der Waals surface area contributed by atoms with Crippen LogP contribution in [-0.2, 0) is 4.74 Å². The van der Waals surface area contributed by atoms with E-state index in [2.05, 4.69) is 12.6 Å². The third-order valence-corrected chi connectivity index (χ3v) is 4.43. The lowest BCUT2D eigenvalue weighted by Gasteiger charge is -2.33. The molecule has 1 unspecified atom stereocenters. The van der Waals surface area contributed by atoms with E-state index in [1.807, 2.05) is 18.2 Å². The van der Waals surface area contributed by atoms with Gasteiger partial charge >= 0.3 is 6.09 Å². The Morgan fingerprint density at radius 3 is 2.75 bits per heavy atom. The number of hydrogen-bond acceptors (Lipinski definition) is 5. The van der Waals surface area contributed by atoms with E-state index in [1.54, 1.807) is 11.8 Å². The van der Waals surface area contributed by atoms with Crippen LogP contribution in [0.1, 0.15) is 31.2 Å². The van der Waals surface area contributed by atoms with Gasteiger partial charge in [-0.05, 0) is 43.4 Å². The highest BCUT2D eigenvalue weighted by molar-refractivity contribution is 5.68. The van der Waals surface area contributed by atoms with E-state index in [4.69, 9.17) is 14.2 Å². The Bertz CT molecular complexity index is 687. The topological polar surface area (TPSA) is 71.8 Å². The lowest BCUT2D eigenvalue weighted by Crippen LogP contribution is -2.39. The van der Waals surface area contributed by atoms with Gasteiger partial charge in [0.05, 0.1) is 17.7 Å². The zero-order chi connectivity index (χ0) is 17.1. The molecule has 0 N–H and O–H groups in total. The van der Waals surface area contributed by atoms with Gasteiger partial charge in [0.25, 0.3) is 0 Å². The van der Waals surface area contributed by atoms with Crippen LogP contribution in [0.3, 0.4) is 0 Å². The van der Waals surface area contributed by atoms with Gasteiger partial charge in [0.15, 0.2) is 11.5 Å². The Labute approximate surface area is 141 Å². The van der Waals surface area contributed by atoms with Crippen LogP contribution in [0.5, 0.6) is 11.5 Å². The molecule has 24 heavy (non-hydrogen) atoms. The molecule has 0 spiro atoms. The number of hydrogen-bond donors (Lipinski definition) is 0. The molecule has 1 saturated heterocycles. The predicted molar refractivity (Wildman–Crippen MR) is 86.5 cm³/mol. The number of ether oxygens (including phenoxy) is 3. The normalized spacial score (nSPS) is 17.9. The Balaban J connectivity index is 1.65. The molecule has 6 heteroatoms. The van der Waals surface area contributed by atoms with Crippen LogP contribution in [0.15, 0.2) is 30.5 Å². The van der Waals surface area contributed by atoms with E-state index in [1.165, 1.54) is 0 Å². The number of carbonyl (C=O) groups is 1. The van der Waals surface area contributed by atoms with Gasteiger partial charge in [0.1, 0.15) is 0 Å². The molecular weight excluding hydrogens is 308 g/mol. The number of benzene rings is 1. The van der Waals surface area contributed by atoms with E-state index >= 15 is 0 Å². The number of allylic oxidation sites excluding steroid dienone is 1. The Morgan fingerprint density at radius 2 is 2.08 bits per heavy atom. The molecule has 2 heterocycles. The van der Waals surface area contributed by atoms with Crippen LogP contribution >= 0.6 is 0 Å². The molecule has 0 saturated carbocycles. The first kappa shape index (κ1) is 16.2. The quantitative estimate of drug-likeness (QED) is 0.795. The van der Waals surface area contributed by atoms with E-state index in [9.17, 15) is 10.1 Å². The molecule has 1 aromatic rings. The minimum atomic E-state index is -0.363. The van der Waals surface area contributed by atoms with Crippen molar-refractivity contribution in [3.63, 3.8) is 0 Å². The second kappa shape index (κ2) is 6.83. The summed E-state index contributed by atoms with van der Waals surface area (Å²) in [7, 11) is 0. The van der Waals surface area contributed by atoms with Gasteiger partial charge in [0, 0.05) is 13.1 Å². The maximum atomic E-state index is 11.9. The molecule has 0 radical (unpaired) electrons. The van der Waals surface area contributed by atoms with Crippen LogP contribution in [0, 0.1) is 17.2 Å². The Kier molecular flexibility index (Phi) is 4.61. The number of rotatable bonds is 3. The fourth-order valence-corrected chi connectivity index (χ4v) is 3.19. The van der Waals surface area contributed by atoms with E-state index in [-0.39, 0.29) is 24.7 Å². The number of fused-ring (bicyclic) bond motifs is 1. The number of carbonyl (C=O) groups excluding carboxylic acids is 1. The summed E-state index contributed by atoms with van der Waals surface area (Å²) in [5.74, 6) is 1.77. The zero-order valence-electron chi connectivity index (χ0n) is 13.7. The largest absolute Gasteiger partial charge is 0.454 e. The van der Waals surface area contributed by atoms with Crippen LogP contribution in [0.4, 0.5) is 4.79 Å². The Morgan fingerprint density at radius 1 is 1.38 bits per heavy atom. The van der Waals surface area contributed by atoms with Crippen molar-refractivity contribution >= 4 is 6.09 Å². The van der Waals surface area contributed by atoms with Crippen molar-refractivity contribution in [2.24, 2.45) is 5.92 Å². The lowest BCUT2D eigenvalue weighted by atomic mass is 9.81. The summed E-state index contributed by atoms with van der Waals surface area (Å²) in [6, 6.07) is 8.07. The van der Waals surface area contributed by atoms with Gasteiger partial charge in [-0.15, -0.1) is 0 Å². The highest BCUT2D eigenvalue weighted by Crippen LogP contribution is 2.38. The van der Waals surface area contributed by atoms with Crippen LogP contribution in [0.25, 0.3) is 0 Å². The molecule has 1 aromatic carbocycles.